The van der Waals surface area contributed by atoms with Crippen LogP contribution < -0.4 is 3.69 Å². The van der Waals surface area contributed by atoms with Gasteiger partial charge in [0.25, 0.3) is 0 Å². The second kappa shape index (κ2) is 5.48. The number of hydrogen-bond donors (Lipinski definition) is 0. The Morgan fingerprint density at radius 2 is 1.19 bits per heavy atom. The molecule has 0 aliphatic rings. The van der Waals surface area contributed by atoms with Crippen LogP contribution in [0.15, 0.2) is 72.8 Å². The molecule has 4 rings (SSSR count). The number of rotatable bonds is 2. The molecule has 0 N–H and O–H groups in total. The van der Waals surface area contributed by atoms with Crippen LogP contribution in [-0.2, 0) is 0 Å². The molecule has 3 aromatic carbocycles. The van der Waals surface area contributed by atoms with Gasteiger partial charge in [0.15, 0.2) is 0 Å². The van der Waals surface area contributed by atoms with Gasteiger partial charge in [0.2, 0.25) is 0 Å². The summed E-state index contributed by atoms with van der Waals surface area (Å²) in [6.07, 6.45) is 0. The maximum atomic E-state index is 3.64. The molecule has 0 aliphatic heterocycles. The Balaban J connectivity index is 2.09. The molecule has 98 valence electrons. The van der Waals surface area contributed by atoms with Crippen LogP contribution in [-0.4, -0.2) is 22.8 Å². The minimum Gasteiger partial charge on any atom is -0.309 e. The molecule has 1 nitrogen and oxygen atoms in total. The lowest BCUT2D eigenvalue weighted by Gasteiger charge is -2.08. The van der Waals surface area contributed by atoms with Crippen molar-refractivity contribution in [2.45, 2.75) is 0 Å². The van der Waals surface area contributed by atoms with Gasteiger partial charge in [-0.15, -0.1) is 0 Å². The van der Waals surface area contributed by atoms with Gasteiger partial charge < -0.3 is 4.57 Å². The fourth-order valence-corrected chi connectivity index (χ4v) is 4.47. The highest BCUT2D eigenvalue weighted by molar-refractivity contribution is 9.23. The molecule has 0 radical (unpaired) electrons. The monoisotopic (exact) mass is 345 g/mol. The van der Waals surface area contributed by atoms with Crippen LogP contribution in [0.2, 0.25) is 0 Å². The Morgan fingerprint density at radius 1 is 0.667 bits per heavy atom. The lowest BCUT2D eigenvalue weighted by atomic mass is 10.2. The third-order valence-corrected chi connectivity index (χ3v) is 6.65. The Labute approximate surface area is 139 Å². The van der Waals surface area contributed by atoms with Crippen LogP contribution in [0.4, 0.5) is 0 Å². The molecule has 1 aromatic heterocycles. The number of benzene rings is 3. The van der Waals surface area contributed by atoms with E-state index in [4.69, 9.17) is 0 Å². The van der Waals surface area contributed by atoms with Crippen LogP contribution in [0, 0.1) is 0 Å². The molecule has 0 saturated carbocycles. The van der Waals surface area contributed by atoms with Gasteiger partial charge in [-0.1, -0.05) is 48.5 Å². The number of aromatic nitrogens is 1. The van der Waals surface area contributed by atoms with Crippen molar-refractivity contribution >= 4 is 56.6 Å². The van der Waals surface area contributed by atoms with E-state index in [2.05, 4.69) is 90.2 Å². The molecular formula is C18H12BrMgN. The van der Waals surface area contributed by atoms with Gasteiger partial charge in [0, 0.05) is 16.5 Å². The number of para-hydroxylation sites is 2. The molecule has 0 saturated heterocycles. The van der Waals surface area contributed by atoms with Crippen LogP contribution in [0.3, 0.4) is 0 Å². The Kier molecular flexibility index (Phi) is 3.49. The van der Waals surface area contributed by atoms with Gasteiger partial charge in [-0.2, -0.15) is 3.69 Å². The van der Waals surface area contributed by atoms with Crippen LogP contribution in [0.1, 0.15) is 0 Å². The first-order chi connectivity index (χ1) is 10.4. The second-order valence-corrected chi connectivity index (χ2v) is 7.94. The summed E-state index contributed by atoms with van der Waals surface area (Å²) >= 11 is 3.37. The van der Waals surface area contributed by atoms with E-state index in [9.17, 15) is 0 Å². The van der Waals surface area contributed by atoms with Gasteiger partial charge >= 0.3 is 18.2 Å². The third kappa shape index (κ3) is 2.20. The molecule has 3 heteroatoms. The maximum absolute atomic E-state index is 3.64. The van der Waals surface area contributed by atoms with E-state index < -0.39 is 0 Å². The Hall–Kier alpha value is -1.29. The van der Waals surface area contributed by atoms with Crippen molar-refractivity contribution in [1.82, 2.24) is 4.57 Å². The number of hydrogen-bond acceptors (Lipinski definition) is 0. The second-order valence-electron chi connectivity index (χ2n) is 5.17. The zero-order valence-corrected chi connectivity index (χ0v) is 14.5. The van der Waals surface area contributed by atoms with Crippen molar-refractivity contribution in [3.8, 4) is 5.69 Å². The summed E-state index contributed by atoms with van der Waals surface area (Å²) in [6, 6.07) is 26.2. The highest BCUT2D eigenvalue weighted by Gasteiger charge is 2.10. The maximum Gasteiger partial charge on any atom is 0.506 e. The predicted octanol–water partition coefficient (Wildman–Crippen LogP) is 4.42. The minimum atomic E-state index is -0.270. The molecule has 21 heavy (non-hydrogen) atoms. The van der Waals surface area contributed by atoms with Crippen molar-refractivity contribution in [3.63, 3.8) is 0 Å². The summed E-state index contributed by atoms with van der Waals surface area (Å²) in [5.41, 5.74) is 3.76. The summed E-state index contributed by atoms with van der Waals surface area (Å²) in [7, 11) is 0. The van der Waals surface area contributed by atoms with Crippen LogP contribution >= 0.6 is 12.9 Å². The number of nitrogens with zero attached hydrogens (tertiary/aromatic N) is 1. The summed E-state index contributed by atoms with van der Waals surface area (Å²) in [5.74, 6) is 0. The van der Waals surface area contributed by atoms with Gasteiger partial charge in [0.05, 0.1) is 11.0 Å². The summed E-state index contributed by atoms with van der Waals surface area (Å²) in [6.45, 7) is 0. The quantitative estimate of drug-likeness (QED) is 0.473. The van der Waals surface area contributed by atoms with E-state index in [1.807, 2.05) is 0 Å². The van der Waals surface area contributed by atoms with Crippen LogP contribution in [0.25, 0.3) is 27.5 Å². The largest absolute Gasteiger partial charge is 0.506 e. The normalized spacial score (nSPS) is 10.9. The number of halogens is 1. The highest BCUT2D eigenvalue weighted by atomic mass is 79.9. The SMILES string of the molecule is [Br][Mg][c]1ccc(-n2c3ccccc3c3ccccc32)cc1. The van der Waals surface area contributed by atoms with Crippen molar-refractivity contribution in [2.24, 2.45) is 0 Å². The highest BCUT2D eigenvalue weighted by Crippen LogP contribution is 2.31. The fraction of sp³-hybridized carbons (Fsp3) is 0. The van der Waals surface area contributed by atoms with Gasteiger partial charge in [-0.3, -0.25) is 12.9 Å². The molecule has 0 amide bonds. The third-order valence-electron chi connectivity index (χ3n) is 3.93. The van der Waals surface area contributed by atoms with Crippen LogP contribution in [0.5, 0.6) is 0 Å². The molecule has 0 fully saturated rings. The summed E-state index contributed by atoms with van der Waals surface area (Å²) in [5, 5.41) is 2.62. The average Bonchev–Trinajstić information content (AvgIpc) is 2.90. The lowest BCUT2D eigenvalue weighted by molar-refractivity contribution is 1.18. The van der Waals surface area contributed by atoms with Crippen molar-refractivity contribution in [3.05, 3.63) is 72.8 Å². The fourth-order valence-electron chi connectivity index (χ4n) is 2.93. The first-order valence-electron chi connectivity index (χ1n) is 7.02. The van der Waals surface area contributed by atoms with Crippen molar-refractivity contribution in [2.75, 3.05) is 0 Å². The predicted molar refractivity (Wildman–Crippen MR) is 95.1 cm³/mol. The number of fused-ring (bicyclic) bond motifs is 3. The molecule has 0 aliphatic carbocycles. The first kappa shape index (κ1) is 13.4. The van der Waals surface area contributed by atoms with E-state index in [1.165, 1.54) is 31.2 Å². The zero-order valence-electron chi connectivity index (χ0n) is 11.5. The van der Waals surface area contributed by atoms with Crippen molar-refractivity contribution in [1.29, 1.82) is 0 Å². The molecule has 0 bridgehead atoms. The molecule has 1 heterocycles. The van der Waals surface area contributed by atoms with Gasteiger partial charge in [-0.25, -0.2) is 0 Å². The van der Waals surface area contributed by atoms with E-state index in [0.717, 1.165) is 0 Å². The molecule has 0 atom stereocenters. The molecule has 4 aromatic rings. The average molecular weight is 347 g/mol. The Morgan fingerprint density at radius 3 is 1.71 bits per heavy atom. The molecular weight excluding hydrogens is 334 g/mol. The van der Waals surface area contributed by atoms with Gasteiger partial charge in [0.1, 0.15) is 0 Å². The topological polar surface area (TPSA) is 4.93 Å². The minimum absolute atomic E-state index is 0.270. The zero-order chi connectivity index (χ0) is 14.2. The van der Waals surface area contributed by atoms with E-state index >= 15 is 0 Å². The van der Waals surface area contributed by atoms with E-state index in [-0.39, 0.29) is 18.2 Å². The standard InChI is InChI=1S/C18H12N.BrH.Mg/c1-2-8-14(9-3-1)19-17-12-6-4-10-15(17)16-11-5-7-13-18(16)19;;/h2-13H;1H;/q;;+1/p-1. The summed E-state index contributed by atoms with van der Waals surface area (Å²) < 4.78 is 3.78. The lowest BCUT2D eigenvalue weighted by Crippen LogP contribution is -2.07. The molecule has 0 spiro atoms. The summed E-state index contributed by atoms with van der Waals surface area (Å²) in [4.78, 5) is 0. The van der Waals surface area contributed by atoms with Crippen molar-refractivity contribution < 1.29 is 0 Å². The Bertz CT molecular complexity index is 872. The first-order valence-corrected chi connectivity index (χ1v) is 11.6. The van der Waals surface area contributed by atoms with E-state index in [0.29, 0.717) is 0 Å². The van der Waals surface area contributed by atoms with Gasteiger partial charge in [-0.05, 0) is 24.3 Å². The van der Waals surface area contributed by atoms with E-state index in [1.54, 1.807) is 0 Å². The molecule has 0 unspecified atom stereocenters. The smallest absolute Gasteiger partial charge is 0.309 e.